The third-order valence-electron chi connectivity index (χ3n) is 4.17. The minimum Gasteiger partial charge on any atom is -0.493 e. The highest BCUT2D eigenvalue weighted by molar-refractivity contribution is 6.39. The van der Waals surface area contributed by atoms with Crippen LogP contribution in [0.5, 0.6) is 11.5 Å². The molecule has 0 saturated carbocycles. The van der Waals surface area contributed by atoms with Crippen molar-refractivity contribution in [3.05, 3.63) is 52.0 Å². The average molecular weight is 441 g/mol. The van der Waals surface area contributed by atoms with Crippen LogP contribution in [0.15, 0.2) is 36.4 Å². The number of hydrogen-bond donors (Lipinski definition) is 3. The summed E-state index contributed by atoms with van der Waals surface area (Å²) in [5.41, 5.74) is 1.20. The summed E-state index contributed by atoms with van der Waals surface area (Å²) >= 11 is 12.0. The van der Waals surface area contributed by atoms with Crippen molar-refractivity contribution in [3.63, 3.8) is 0 Å². The standard InChI is InChI=1S/C20H22Cl2N2O5/c1-28-16-7-6-12(10-17(16)29-2)8-9-23-15(20(26)27)11-18(25)24-19-13(21)4-3-5-14(19)22/h3-7,10,15,23H,8-9,11H2,1-2H3,(H,24,25)(H,26,27)/t15-/m0/s1. The number of halogens is 2. The van der Waals surface area contributed by atoms with Crippen molar-refractivity contribution in [1.29, 1.82) is 0 Å². The lowest BCUT2D eigenvalue weighted by molar-refractivity contribution is -0.141. The van der Waals surface area contributed by atoms with Crippen LogP contribution in [-0.2, 0) is 16.0 Å². The van der Waals surface area contributed by atoms with Crippen LogP contribution in [0.3, 0.4) is 0 Å². The molecule has 0 spiro atoms. The fraction of sp³-hybridized carbons (Fsp3) is 0.300. The Morgan fingerprint density at radius 2 is 1.72 bits per heavy atom. The summed E-state index contributed by atoms with van der Waals surface area (Å²) in [4.78, 5) is 23.8. The molecule has 9 heteroatoms. The molecule has 0 bridgehead atoms. The van der Waals surface area contributed by atoms with Gasteiger partial charge in [0.25, 0.3) is 0 Å². The number of carbonyl (C=O) groups is 2. The van der Waals surface area contributed by atoms with E-state index in [1.165, 1.54) is 0 Å². The molecule has 0 heterocycles. The summed E-state index contributed by atoms with van der Waals surface area (Å²) in [5, 5.41) is 15.4. The lowest BCUT2D eigenvalue weighted by atomic mass is 10.1. The Morgan fingerprint density at radius 1 is 1.07 bits per heavy atom. The van der Waals surface area contributed by atoms with E-state index in [2.05, 4.69) is 10.6 Å². The van der Waals surface area contributed by atoms with E-state index in [1.807, 2.05) is 12.1 Å². The summed E-state index contributed by atoms with van der Waals surface area (Å²) in [6.45, 7) is 0.354. The monoisotopic (exact) mass is 440 g/mol. The molecule has 2 aromatic rings. The van der Waals surface area contributed by atoms with Crippen LogP contribution < -0.4 is 20.1 Å². The van der Waals surface area contributed by atoms with Gasteiger partial charge in [0.2, 0.25) is 5.91 Å². The van der Waals surface area contributed by atoms with Crippen LogP contribution in [0.25, 0.3) is 0 Å². The molecule has 0 saturated heterocycles. The van der Waals surface area contributed by atoms with Gasteiger partial charge >= 0.3 is 5.97 Å². The number of carbonyl (C=O) groups excluding carboxylic acids is 1. The van der Waals surface area contributed by atoms with Gasteiger partial charge in [0.05, 0.1) is 36.4 Å². The molecule has 0 aliphatic rings. The van der Waals surface area contributed by atoms with Gasteiger partial charge in [-0.1, -0.05) is 35.3 Å². The summed E-state index contributed by atoms with van der Waals surface area (Å²) in [7, 11) is 3.10. The second-order valence-corrected chi connectivity index (χ2v) is 6.95. The molecule has 29 heavy (non-hydrogen) atoms. The van der Waals surface area contributed by atoms with Crippen molar-refractivity contribution in [2.75, 3.05) is 26.1 Å². The van der Waals surface area contributed by atoms with E-state index in [-0.39, 0.29) is 22.2 Å². The van der Waals surface area contributed by atoms with Crippen LogP contribution in [0, 0.1) is 0 Å². The number of benzene rings is 2. The molecule has 1 amide bonds. The summed E-state index contributed by atoms with van der Waals surface area (Å²) in [6, 6.07) is 9.22. The van der Waals surface area contributed by atoms with Gasteiger partial charge in [-0.25, -0.2) is 0 Å². The first-order valence-electron chi connectivity index (χ1n) is 8.76. The molecule has 0 fully saturated rings. The fourth-order valence-corrected chi connectivity index (χ4v) is 3.16. The van der Waals surface area contributed by atoms with Crippen molar-refractivity contribution < 1.29 is 24.2 Å². The fourth-order valence-electron chi connectivity index (χ4n) is 2.67. The first-order valence-corrected chi connectivity index (χ1v) is 9.52. The molecule has 0 aliphatic carbocycles. The van der Waals surface area contributed by atoms with Crippen LogP contribution in [0.2, 0.25) is 10.0 Å². The minimum absolute atomic E-state index is 0.260. The zero-order valence-electron chi connectivity index (χ0n) is 16.0. The van der Waals surface area contributed by atoms with Crippen LogP contribution >= 0.6 is 23.2 Å². The van der Waals surface area contributed by atoms with E-state index in [0.29, 0.717) is 24.5 Å². The van der Waals surface area contributed by atoms with E-state index >= 15 is 0 Å². The van der Waals surface area contributed by atoms with Gasteiger partial charge in [-0.15, -0.1) is 0 Å². The van der Waals surface area contributed by atoms with Crippen molar-refractivity contribution >= 4 is 40.8 Å². The molecule has 0 radical (unpaired) electrons. The second-order valence-electron chi connectivity index (χ2n) is 6.13. The van der Waals surface area contributed by atoms with Gasteiger partial charge in [-0.05, 0) is 42.8 Å². The molecule has 0 aromatic heterocycles. The number of para-hydroxylation sites is 1. The molecule has 156 valence electrons. The smallest absolute Gasteiger partial charge is 0.321 e. The van der Waals surface area contributed by atoms with E-state index < -0.39 is 17.9 Å². The van der Waals surface area contributed by atoms with Gasteiger partial charge in [-0.2, -0.15) is 0 Å². The van der Waals surface area contributed by atoms with Gasteiger partial charge in [-0.3, -0.25) is 9.59 Å². The second kappa shape index (κ2) is 10.9. The van der Waals surface area contributed by atoms with Gasteiger partial charge in [0.1, 0.15) is 6.04 Å². The maximum atomic E-state index is 12.3. The zero-order chi connectivity index (χ0) is 21.4. The predicted molar refractivity (Wildman–Crippen MR) is 112 cm³/mol. The lowest BCUT2D eigenvalue weighted by Gasteiger charge is -2.16. The van der Waals surface area contributed by atoms with E-state index in [4.69, 9.17) is 32.7 Å². The third kappa shape index (κ3) is 6.52. The van der Waals surface area contributed by atoms with Crippen molar-refractivity contribution in [3.8, 4) is 11.5 Å². The Hall–Kier alpha value is -2.48. The van der Waals surface area contributed by atoms with E-state index in [9.17, 15) is 14.7 Å². The first-order chi connectivity index (χ1) is 13.8. The quantitative estimate of drug-likeness (QED) is 0.521. The number of carboxylic acids is 1. The van der Waals surface area contributed by atoms with Crippen molar-refractivity contribution in [2.45, 2.75) is 18.9 Å². The SMILES string of the molecule is COc1ccc(CCN[C@@H](CC(=O)Nc2c(Cl)cccc2Cl)C(=O)O)cc1OC. The zero-order valence-corrected chi connectivity index (χ0v) is 17.5. The predicted octanol–water partition coefficient (Wildman–Crippen LogP) is 3.62. The molecule has 2 rings (SSSR count). The summed E-state index contributed by atoms with van der Waals surface area (Å²) < 4.78 is 10.5. The summed E-state index contributed by atoms with van der Waals surface area (Å²) in [6.07, 6.45) is 0.269. The molecular formula is C20H22Cl2N2O5. The number of rotatable bonds is 10. The Bertz CT molecular complexity index is 856. The molecule has 1 atom stereocenters. The third-order valence-corrected chi connectivity index (χ3v) is 4.80. The van der Waals surface area contributed by atoms with Gasteiger partial charge < -0.3 is 25.2 Å². The first kappa shape index (κ1) is 22.8. The number of aliphatic carboxylic acids is 1. The number of ether oxygens (including phenoxy) is 2. The summed E-state index contributed by atoms with van der Waals surface area (Å²) in [5.74, 6) is -0.429. The van der Waals surface area contributed by atoms with Crippen molar-refractivity contribution in [1.82, 2.24) is 5.32 Å². The maximum Gasteiger partial charge on any atom is 0.321 e. The molecule has 3 N–H and O–H groups in total. The number of anilines is 1. The highest BCUT2D eigenvalue weighted by atomic mass is 35.5. The average Bonchev–Trinajstić information content (AvgIpc) is 2.69. The van der Waals surface area contributed by atoms with Crippen molar-refractivity contribution in [2.24, 2.45) is 0 Å². The van der Waals surface area contributed by atoms with Gasteiger partial charge in [0, 0.05) is 0 Å². The topological polar surface area (TPSA) is 96.9 Å². The Balaban J connectivity index is 1.93. The van der Waals surface area contributed by atoms with E-state index in [1.54, 1.807) is 38.5 Å². The number of methoxy groups -OCH3 is 2. The molecule has 0 unspecified atom stereocenters. The normalized spacial score (nSPS) is 11.6. The van der Waals surface area contributed by atoms with Crippen LogP contribution in [0.4, 0.5) is 5.69 Å². The Kier molecular flexibility index (Phi) is 8.57. The number of nitrogens with one attached hydrogen (secondary N) is 2. The van der Waals surface area contributed by atoms with Crippen LogP contribution in [-0.4, -0.2) is 43.8 Å². The Morgan fingerprint density at radius 3 is 2.31 bits per heavy atom. The van der Waals surface area contributed by atoms with Crippen LogP contribution in [0.1, 0.15) is 12.0 Å². The number of amides is 1. The maximum absolute atomic E-state index is 12.3. The number of carboxylic acid groups (broad SMARTS) is 1. The minimum atomic E-state index is -1.13. The largest absolute Gasteiger partial charge is 0.493 e. The van der Waals surface area contributed by atoms with E-state index in [0.717, 1.165) is 5.56 Å². The molecular weight excluding hydrogens is 419 g/mol. The lowest BCUT2D eigenvalue weighted by Crippen LogP contribution is -2.40. The molecule has 0 aliphatic heterocycles. The van der Waals surface area contributed by atoms with Gasteiger partial charge in [0.15, 0.2) is 11.5 Å². The highest BCUT2D eigenvalue weighted by Gasteiger charge is 2.21. The molecule has 2 aromatic carbocycles. The highest BCUT2D eigenvalue weighted by Crippen LogP contribution is 2.30. The Labute approximate surface area is 178 Å². The number of hydrogen-bond acceptors (Lipinski definition) is 5. The molecule has 7 nitrogen and oxygen atoms in total.